The van der Waals surface area contributed by atoms with Crippen LogP contribution in [0.2, 0.25) is 0 Å². The second kappa shape index (κ2) is 5.76. The van der Waals surface area contributed by atoms with E-state index in [9.17, 15) is 4.79 Å². The van der Waals surface area contributed by atoms with Gasteiger partial charge in [-0.1, -0.05) is 12.1 Å². The molecule has 2 rings (SSSR count). The predicted octanol–water partition coefficient (Wildman–Crippen LogP) is 2.39. The van der Waals surface area contributed by atoms with E-state index in [0.717, 1.165) is 11.3 Å². The maximum absolute atomic E-state index is 12.1. The molecule has 1 heterocycles. The summed E-state index contributed by atoms with van der Waals surface area (Å²) >= 11 is 0. The molecule has 0 spiro atoms. The first-order valence-corrected chi connectivity index (χ1v) is 7.18. The van der Waals surface area contributed by atoms with Crippen molar-refractivity contribution in [1.29, 1.82) is 0 Å². The van der Waals surface area contributed by atoms with Crippen LogP contribution in [0.25, 0.3) is 0 Å². The molecule has 1 atom stereocenters. The lowest BCUT2D eigenvalue weighted by Gasteiger charge is -2.21. The van der Waals surface area contributed by atoms with Gasteiger partial charge in [-0.2, -0.15) is 0 Å². The molecular weight excluding hydrogens is 266 g/mol. The van der Waals surface area contributed by atoms with Crippen molar-refractivity contribution in [3.63, 3.8) is 0 Å². The largest absolute Gasteiger partial charge is 0.491 e. The van der Waals surface area contributed by atoms with Gasteiger partial charge in [0, 0.05) is 5.54 Å². The maximum atomic E-state index is 12.1. The van der Waals surface area contributed by atoms with Crippen molar-refractivity contribution in [2.75, 3.05) is 0 Å². The molecule has 0 fully saturated rings. The van der Waals surface area contributed by atoms with Crippen molar-refractivity contribution < 1.29 is 9.53 Å². The van der Waals surface area contributed by atoms with Crippen LogP contribution in [0.1, 0.15) is 46.2 Å². The van der Waals surface area contributed by atoms with Gasteiger partial charge in [-0.15, -0.1) is 0 Å². The highest BCUT2D eigenvalue weighted by molar-refractivity contribution is 6.05. The van der Waals surface area contributed by atoms with Gasteiger partial charge in [0.05, 0.1) is 6.10 Å². The number of benzene rings is 1. The van der Waals surface area contributed by atoms with Gasteiger partial charge in [0.2, 0.25) is 0 Å². The van der Waals surface area contributed by atoms with Crippen LogP contribution < -0.4 is 15.4 Å². The number of guanidine groups is 1. The number of aliphatic imine (C=N–C) groups is 1. The fraction of sp³-hybridized carbons (Fsp3) is 0.500. The molecule has 1 amide bonds. The Morgan fingerprint density at radius 3 is 2.67 bits per heavy atom. The minimum atomic E-state index is -0.523. The van der Waals surface area contributed by atoms with Crippen LogP contribution in [0.3, 0.4) is 0 Å². The normalized spacial score (nSPS) is 18.5. The molecule has 1 aliphatic heterocycles. The molecule has 0 aromatic heterocycles. The van der Waals surface area contributed by atoms with Gasteiger partial charge in [-0.3, -0.25) is 10.1 Å². The van der Waals surface area contributed by atoms with E-state index in [1.165, 1.54) is 0 Å². The second-order valence-corrected chi connectivity index (χ2v) is 6.48. The highest BCUT2D eigenvalue weighted by Gasteiger charge is 2.29. The topological polar surface area (TPSA) is 62.7 Å². The second-order valence-electron chi connectivity index (χ2n) is 6.48. The van der Waals surface area contributed by atoms with Gasteiger partial charge in [0.15, 0.2) is 12.0 Å². The summed E-state index contributed by atoms with van der Waals surface area (Å²) in [5, 5.41) is 5.96. The minimum Gasteiger partial charge on any atom is -0.491 e. The Morgan fingerprint density at radius 1 is 1.33 bits per heavy atom. The molecule has 5 nitrogen and oxygen atoms in total. The van der Waals surface area contributed by atoms with Gasteiger partial charge < -0.3 is 10.1 Å². The third-order valence-corrected chi connectivity index (χ3v) is 2.79. The summed E-state index contributed by atoms with van der Waals surface area (Å²) in [5.41, 5.74) is 0.681. The first-order chi connectivity index (χ1) is 9.74. The molecule has 1 unspecified atom stereocenters. The van der Waals surface area contributed by atoms with Crippen LogP contribution >= 0.6 is 0 Å². The Morgan fingerprint density at radius 2 is 2.05 bits per heavy atom. The Labute approximate surface area is 125 Å². The van der Waals surface area contributed by atoms with Crippen LogP contribution in [-0.4, -0.2) is 23.5 Å². The summed E-state index contributed by atoms with van der Waals surface area (Å²) in [4.78, 5) is 16.5. The SMILES string of the molecule is CC(C)Oc1cccc(C2N=C(NC(C)(C)C)NC2=O)c1. The van der Waals surface area contributed by atoms with Crippen molar-refractivity contribution in [3.8, 4) is 5.75 Å². The summed E-state index contributed by atoms with van der Waals surface area (Å²) in [5.74, 6) is 1.15. The van der Waals surface area contributed by atoms with Crippen molar-refractivity contribution in [2.24, 2.45) is 4.99 Å². The van der Waals surface area contributed by atoms with Crippen LogP contribution in [0.15, 0.2) is 29.3 Å². The third kappa shape index (κ3) is 4.21. The highest BCUT2D eigenvalue weighted by atomic mass is 16.5. The molecule has 2 N–H and O–H groups in total. The van der Waals surface area contributed by atoms with E-state index in [4.69, 9.17) is 4.74 Å². The zero-order valence-electron chi connectivity index (χ0n) is 13.2. The summed E-state index contributed by atoms with van der Waals surface area (Å²) in [6, 6.07) is 7.00. The summed E-state index contributed by atoms with van der Waals surface area (Å²) in [6.07, 6.45) is 0.0966. The lowest BCUT2D eigenvalue weighted by atomic mass is 10.1. The molecule has 0 saturated carbocycles. The Bertz CT molecular complexity index is 559. The van der Waals surface area contributed by atoms with E-state index in [1.54, 1.807) is 0 Å². The third-order valence-electron chi connectivity index (χ3n) is 2.79. The minimum absolute atomic E-state index is 0.0966. The van der Waals surface area contributed by atoms with Gasteiger partial charge in [-0.25, -0.2) is 4.99 Å². The fourth-order valence-corrected chi connectivity index (χ4v) is 2.08. The summed E-state index contributed by atoms with van der Waals surface area (Å²) < 4.78 is 5.66. The smallest absolute Gasteiger partial charge is 0.256 e. The Kier molecular flexibility index (Phi) is 4.21. The number of nitrogens with zero attached hydrogens (tertiary/aromatic N) is 1. The molecule has 5 heteroatoms. The highest BCUT2D eigenvalue weighted by Crippen LogP contribution is 2.25. The van der Waals surface area contributed by atoms with E-state index in [1.807, 2.05) is 58.9 Å². The van der Waals surface area contributed by atoms with Crippen LogP contribution in [0.4, 0.5) is 0 Å². The van der Waals surface area contributed by atoms with Crippen molar-refractivity contribution >= 4 is 11.9 Å². The molecule has 114 valence electrons. The number of rotatable bonds is 3. The van der Waals surface area contributed by atoms with Crippen LogP contribution in [-0.2, 0) is 4.79 Å². The number of carbonyl (C=O) groups is 1. The van der Waals surface area contributed by atoms with E-state index < -0.39 is 6.04 Å². The standard InChI is InChI=1S/C16H23N3O2/c1-10(2)21-12-8-6-7-11(9-12)13-14(20)18-15(17-13)19-16(3,4)5/h6-10,13H,1-5H3,(H2,17,18,19,20). The Hall–Kier alpha value is -2.04. The van der Waals surface area contributed by atoms with Gasteiger partial charge in [0.25, 0.3) is 5.91 Å². The molecular formula is C16H23N3O2. The monoisotopic (exact) mass is 289 g/mol. The molecule has 1 aliphatic rings. The van der Waals surface area contributed by atoms with E-state index >= 15 is 0 Å². The zero-order chi connectivity index (χ0) is 15.6. The summed E-state index contributed by atoms with van der Waals surface area (Å²) in [7, 11) is 0. The first-order valence-electron chi connectivity index (χ1n) is 7.18. The lowest BCUT2D eigenvalue weighted by molar-refractivity contribution is -0.120. The van der Waals surface area contributed by atoms with Crippen LogP contribution in [0, 0.1) is 0 Å². The number of hydrogen-bond acceptors (Lipinski definition) is 4. The van der Waals surface area contributed by atoms with E-state index in [-0.39, 0.29) is 17.6 Å². The van der Waals surface area contributed by atoms with E-state index in [0.29, 0.717) is 5.96 Å². The van der Waals surface area contributed by atoms with E-state index in [2.05, 4.69) is 15.6 Å². The van der Waals surface area contributed by atoms with Crippen molar-refractivity contribution in [1.82, 2.24) is 10.6 Å². The van der Waals surface area contributed by atoms with Crippen molar-refractivity contribution in [2.45, 2.75) is 52.3 Å². The number of carbonyl (C=O) groups excluding carboxylic acids is 1. The summed E-state index contributed by atoms with van der Waals surface area (Å²) in [6.45, 7) is 10.0. The fourth-order valence-electron chi connectivity index (χ4n) is 2.08. The average molecular weight is 289 g/mol. The quantitative estimate of drug-likeness (QED) is 0.898. The molecule has 1 aromatic rings. The molecule has 21 heavy (non-hydrogen) atoms. The lowest BCUT2D eigenvalue weighted by Crippen LogP contribution is -2.46. The van der Waals surface area contributed by atoms with Crippen LogP contribution in [0.5, 0.6) is 5.75 Å². The molecule has 1 aromatic carbocycles. The predicted molar refractivity (Wildman–Crippen MR) is 83.4 cm³/mol. The van der Waals surface area contributed by atoms with Crippen molar-refractivity contribution in [3.05, 3.63) is 29.8 Å². The molecule has 0 saturated heterocycles. The maximum Gasteiger partial charge on any atom is 0.256 e. The number of nitrogens with one attached hydrogen (secondary N) is 2. The molecule has 0 radical (unpaired) electrons. The molecule has 0 aliphatic carbocycles. The number of ether oxygens (including phenoxy) is 1. The molecule has 0 bridgehead atoms. The number of amides is 1. The first kappa shape index (κ1) is 15.4. The van der Waals surface area contributed by atoms with Gasteiger partial charge in [0.1, 0.15) is 5.75 Å². The van der Waals surface area contributed by atoms with Gasteiger partial charge in [-0.05, 0) is 52.3 Å². The average Bonchev–Trinajstić information content (AvgIpc) is 2.67. The zero-order valence-corrected chi connectivity index (χ0v) is 13.2. The Balaban J connectivity index is 2.19. The van der Waals surface area contributed by atoms with Gasteiger partial charge >= 0.3 is 0 Å². The number of hydrogen-bond donors (Lipinski definition) is 2.